The smallest absolute Gasteiger partial charge is 0.462 e. The fourth-order valence-electron chi connectivity index (χ4n) is 8.34. The van der Waals surface area contributed by atoms with Gasteiger partial charge < -0.3 is 24.2 Å². The van der Waals surface area contributed by atoms with Crippen LogP contribution in [-0.2, 0) is 42.2 Å². The van der Waals surface area contributed by atoms with Gasteiger partial charge in [0.1, 0.15) is 12.7 Å². The number of hydrogen-bond donors (Lipinski definition) is 2. The molecule has 0 aromatic rings. The van der Waals surface area contributed by atoms with E-state index in [1.54, 1.807) is 0 Å². The van der Waals surface area contributed by atoms with E-state index in [1.165, 1.54) is 96.3 Å². The largest absolute Gasteiger partial charge is 0.472 e. The van der Waals surface area contributed by atoms with Gasteiger partial charge in [-0.25, -0.2) is 4.57 Å². The lowest BCUT2D eigenvalue weighted by Crippen LogP contribution is -2.30. The highest BCUT2D eigenvalue weighted by molar-refractivity contribution is 7.47. The van der Waals surface area contributed by atoms with E-state index in [0.29, 0.717) is 19.3 Å². The van der Waals surface area contributed by atoms with Crippen LogP contribution in [0.15, 0.2) is 60.8 Å². The van der Waals surface area contributed by atoms with Crippen molar-refractivity contribution in [3.8, 4) is 0 Å². The first-order valence-electron chi connectivity index (χ1n) is 30.2. The predicted octanol–water partition coefficient (Wildman–Crippen LogP) is 17.9. The summed E-state index contributed by atoms with van der Waals surface area (Å²) in [6.45, 7) is 4.52. The van der Waals surface area contributed by atoms with Crippen molar-refractivity contribution < 1.29 is 52.2 Å². The van der Waals surface area contributed by atoms with Gasteiger partial charge in [-0.1, -0.05) is 236 Å². The average molecular weight is 1060 g/mol. The summed E-state index contributed by atoms with van der Waals surface area (Å²) in [6.07, 6.45) is 61.7. The van der Waals surface area contributed by atoms with Gasteiger partial charge in [-0.15, -0.1) is 0 Å². The number of unbranched alkanes of at least 4 members (excludes halogenated alkanes) is 29. The molecule has 0 heterocycles. The van der Waals surface area contributed by atoms with Gasteiger partial charge in [0.15, 0.2) is 6.10 Å². The summed E-state index contributed by atoms with van der Waals surface area (Å²) in [7, 11) is -4.75. The lowest BCUT2D eigenvalue weighted by molar-refractivity contribution is -0.161. The monoisotopic (exact) mass is 1060 g/mol. The van der Waals surface area contributed by atoms with Crippen molar-refractivity contribution in [3.05, 3.63) is 60.8 Å². The lowest BCUT2D eigenvalue weighted by atomic mass is 10.0. The zero-order chi connectivity index (χ0) is 54.1. The minimum atomic E-state index is -4.75. The second-order valence-corrected chi connectivity index (χ2v) is 21.6. The third-order valence-corrected chi connectivity index (χ3v) is 13.9. The first-order valence-corrected chi connectivity index (χ1v) is 31.7. The van der Waals surface area contributed by atoms with Crippen LogP contribution in [0.3, 0.4) is 0 Å². The molecule has 3 atom stereocenters. The fraction of sp³-hybridized carbons (Fsp3) is 0.790. The van der Waals surface area contributed by atoms with Crippen molar-refractivity contribution in [2.45, 2.75) is 290 Å². The molecule has 0 aromatic heterocycles. The Morgan fingerprint density at radius 1 is 0.392 bits per heavy atom. The van der Waals surface area contributed by atoms with E-state index in [-0.39, 0.29) is 25.9 Å². The number of carbonyl (C=O) groups is 3. The Hall–Kier alpha value is -2.82. The molecule has 3 unspecified atom stereocenters. The van der Waals surface area contributed by atoms with Crippen molar-refractivity contribution in [1.82, 2.24) is 0 Å². The van der Waals surface area contributed by atoms with Crippen LogP contribution >= 0.6 is 7.82 Å². The first kappa shape index (κ1) is 71.2. The van der Waals surface area contributed by atoms with Crippen molar-refractivity contribution in [2.24, 2.45) is 0 Å². The maximum Gasteiger partial charge on any atom is 0.472 e. The molecular formula is C62H111O11P. The van der Waals surface area contributed by atoms with Crippen molar-refractivity contribution in [1.29, 1.82) is 0 Å². The van der Waals surface area contributed by atoms with E-state index in [9.17, 15) is 28.9 Å². The number of rotatable bonds is 56. The molecule has 0 aliphatic heterocycles. The molecule has 0 rings (SSSR count). The molecule has 0 aliphatic rings. The topological polar surface area (TPSA) is 155 Å². The third kappa shape index (κ3) is 54.0. The van der Waals surface area contributed by atoms with E-state index in [0.717, 1.165) is 122 Å². The van der Waals surface area contributed by atoms with Gasteiger partial charge in [0.2, 0.25) is 0 Å². The summed E-state index contributed by atoms with van der Waals surface area (Å²) >= 11 is 0. The summed E-state index contributed by atoms with van der Waals surface area (Å²) in [5.41, 5.74) is 0. The highest BCUT2D eigenvalue weighted by Crippen LogP contribution is 2.43. The van der Waals surface area contributed by atoms with Gasteiger partial charge in [-0.3, -0.25) is 23.4 Å². The maximum atomic E-state index is 12.9. The molecule has 0 spiro atoms. The van der Waals surface area contributed by atoms with Crippen molar-refractivity contribution >= 4 is 25.7 Å². The van der Waals surface area contributed by atoms with Gasteiger partial charge in [0, 0.05) is 19.3 Å². The maximum absolute atomic E-state index is 12.9. The molecule has 2 N–H and O–H groups in total. The summed E-state index contributed by atoms with van der Waals surface area (Å²) in [4.78, 5) is 48.6. The highest BCUT2D eigenvalue weighted by atomic mass is 31.2. The number of phosphoric ester groups is 1. The molecule has 430 valence electrons. The Kier molecular flexibility index (Phi) is 54.2. The van der Waals surface area contributed by atoms with E-state index >= 15 is 0 Å². The molecule has 0 radical (unpaired) electrons. The predicted molar refractivity (Wildman–Crippen MR) is 307 cm³/mol. The highest BCUT2D eigenvalue weighted by Gasteiger charge is 2.28. The minimum Gasteiger partial charge on any atom is -0.462 e. The number of ether oxygens (including phenoxy) is 3. The zero-order valence-electron chi connectivity index (χ0n) is 47.6. The van der Waals surface area contributed by atoms with Crippen molar-refractivity contribution in [3.63, 3.8) is 0 Å². The number of esters is 3. The van der Waals surface area contributed by atoms with E-state index in [1.807, 2.05) is 0 Å². The number of hydrogen-bond acceptors (Lipinski definition) is 10. The number of aliphatic hydroxyl groups excluding tert-OH is 1. The first-order chi connectivity index (χ1) is 36.2. The van der Waals surface area contributed by atoms with E-state index < -0.39 is 57.8 Å². The molecule has 11 nitrogen and oxygen atoms in total. The molecule has 0 aliphatic carbocycles. The van der Waals surface area contributed by atoms with Gasteiger partial charge >= 0.3 is 25.7 Å². The molecule has 74 heavy (non-hydrogen) atoms. The van der Waals surface area contributed by atoms with Crippen LogP contribution in [-0.4, -0.2) is 66.5 Å². The van der Waals surface area contributed by atoms with Crippen LogP contribution in [0.2, 0.25) is 0 Å². The van der Waals surface area contributed by atoms with Gasteiger partial charge in [-0.05, 0) is 83.5 Å². The summed E-state index contributed by atoms with van der Waals surface area (Å²) in [5, 5.41) is 9.82. The summed E-state index contributed by atoms with van der Waals surface area (Å²) in [5.74, 6) is -1.48. The molecule has 0 fully saturated rings. The summed E-state index contributed by atoms with van der Waals surface area (Å²) in [6, 6.07) is 0. The summed E-state index contributed by atoms with van der Waals surface area (Å²) < 4.78 is 39.6. The zero-order valence-corrected chi connectivity index (χ0v) is 48.5. The Morgan fingerprint density at radius 3 is 1.11 bits per heavy atom. The van der Waals surface area contributed by atoms with Crippen LogP contribution in [0.5, 0.6) is 0 Å². The van der Waals surface area contributed by atoms with Gasteiger partial charge in [0.25, 0.3) is 0 Å². The van der Waals surface area contributed by atoms with Crippen LogP contribution in [0, 0.1) is 0 Å². The molecule has 0 bridgehead atoms. The Morgan fingerprint density at radius 2 is 0.703 bits per heavy atom. The van der Waals surface area contributed by atoms with Crippen LogP contribution in [0.25, 0.3) is 0 Å². The van der Waals surface area contributed by atoms with Crippen LogP contribution in [0.1, 0.15) is 278 Å². The molecule has 12 heteroatoms. The number of aliphatic hydroxyl groups is 1. The normalized spacial score (nSPS) is 13.7. The van der Waals surface area contributed by atoms with Gasteiger partial charge in [0.05, 0.1) is 19.8 Å². The molecule has 0 aromatic carbocycles. The second kappa shape index (κ2) is 56.4. The standard InChI is InChI=1S/C62H111O11P/c1-4-7-10-13-16-19-22-25-28-29-32-35-38-41-44-47-50-53-62(66)73-59(55-69-60(64)51-48-45-42-39-36-33-30-26-23-20-17-14-11-8-5-2)57-71-74(67,68)70-56-58(54-63)72-61(65)52-49-46-43-40-37-34-31-27-24-21-18-15-12-9-6-3/h7,10,16,18-19,21,25,27-28,31,58-59,63H,4-6,8-9,11-15,17,20,22-24,26,29-30,32-57H2,1-3H3,(H,67,68)/b10-7-,19-16-,21-18-,28-25-,31-27-. The molecule has 0 amide bonds. The number of phosphoric acid groups is 1. The van der Waals surface area contributed by atoms with Crippen LogP contribution in [0.4, 0.5) is 0 Å². The third-order valence-electron chi connectivity index (χ3n) is 12.9. The Balaban J connectivity index is 4.72. The van der Waals surface area contributed by atoms with Gasteiger partial charge in [-0.2, -0.15) is 0 Å². The van der Waals surface area contributed by atoms with E-state index in [2.05, 4.69) is 81.5 Å². The number of allylic oxidation sites excluding steroid dienone is 10. The molecule has 0 saturated heterocycles. The molecule has 0 saturated carbocycles. The Labute approximate surface area is 453 Å². The molecular weight excluding hydrogens is 952 g/mol. The SMILES string of the molecule is CC/C=C\C/C=C\C/C=C\CCCCCCCCCC(=O)OC(COC(=O)CCCCCCCCCCCCCCCCC)COP(=O)(O)OCC(CO)OC(=O)CCCCCCC/C=C\C/C=C\CCCCC. The quantitative estimate of drug-likeness (QED) is 0.0197. The minimum absolute atomic E-state index is 0.156. The average Bonchev–Trinajstić information content (AvgIpc) is 3.39. The fourth-order valence-corrected chi connectivity index (χ4v) is 9.13. The number of carbonyl (C=O) groups excluding carboxylic acids is 3. The van der Waals surface area contributed by atoms with Crippen LogP contribution < -0.4 is 0 Å². The Bertz CT molecular complexity index is 1470. The van der Waals surface area contributed by atoms with E-state index in [4.69, 9.17) is 23.3 Å². The second-order valence-electron chi connectivity index (χ2n) is 20.1. The lowest BCUT2D eigenvalue weighted by Gasteiger charge is -2.21. The van der Waals surface area contributed by atoms with Crippen molar-refractivity contribution in [2.75, 3.05) is 26.4 Å².